The van der Waals surface area contributed by atoms with Crippen LogP contribution in [0.2, 0.25) is 0 Å². The van der Waals surface area contributed by atoms with Gasteiger partial charge in [0.25, 0.3) is 0 Å². The monoisotopic (exact) mass is 408 g/mol. The quantitative estimate of drug-likeness (QED) is 0.437. The summed E-state index contributed by atoms with van der Waals surface area (Å²) in [7, 11) is 0. The largest absolute Gasteiger partial charge is 0.350 e. The molecule has 1 atom stereocenters. The summed E-state index contributed by atoms with van der Waals surface area (Å²) in [5.41, 5.74) is 1.09. The molecule has 7 heteroatoms. The van der Waals surface area contributed by atoms with Crippen molar-refractivity contribution in [1.29, 1.82) is 0 Å². The van der Waals surface area contributed by atoms with Gasteiger partial charge in [-0.05, 0) is 53.0 Å². The van der Waals surface area contributed by atoms with E-state index in [2.05, 4.69) is 45.8 Å². The molecular formula is C21H20N4OS2. The zero-order valence-electron chi connectivity index (χ0n) is 15.4. The normalized spacial score (nSPS) is 12.2. The first-order chi connectivity index (χ1) is 13.6. The molecule has 1 amide bonds. The van der Waals surface area contributed by atoms with E-state index in [1.165, 1.54) is 10.8 Å². The molecule has 28 heavy (non-hydrogen) atoms. The summed E-state index contributed by atoms with van der Waals surface area (Å²) in [6, 6.07) is 18.4. The summed E-state index contributed by atoms with van der Waals surface area (Å²) < 4.78 is 2.40. The van der Waals surface area contributed by atoms with Crippen LogP contribution in [0.25, 0.3) is 21.5 Å². The molecule has 142 valence electrons. The molecule has 0 saturated carbocycles. The van der Waals surface area contributed by atoms with Crippen molar-refractivity contribution in [1.82, 2.24) is 20.1 Å². The lowest BCUT2D eigenvalue weighted by Crippen LogP contribution is -2.27. The number of nitrogens with one attached hydrogen (secondary N) is 2. The highest BCUT2D eigenvalue weighted by Crippen LogP contribution is 2.23. The number of thiophene rings is 1. The van der Waals surface area contributed by atoms with E-state index >= 15 is 0 Å². The number of rotatable bonds is 6. The number of carbonyl (C=O) groups is 1. The Hall–Kier alpha value is -2.77. The summed E-state index contributed by atoms with van der Waals surface area (Å²) in [5, 5.41) is 14.6. The van der Waals surface area contributed by atoms with Gasteiger partial charge in [0.15, 0.2) is 10.6 Å². The smallest absolute Gasteiger partial charge is 0.222 e. The SMILES string of the molecule is CC(NC(=O)CCn1c(-c2cccs2)n[nH]c1=S)c1ccc2ccccc2c1. The van der Waals surface area contributed by atoms with Gasteiger partial charge in [-0.3, -0.25) is 14.5 Å². The Labute approximate surface area is 172 Å². The average Bonchev–Trinajstić information content (AvgIpc) is 3.35. The van der Waals surface area contributed by atoms with Crippen LogP contribution in [0.1, 0.15) is 24.9 Å². The number of aromatic nitrogens is 3. The molecule has 5 nitrogen and oxygen atoms in total. The van der Waals surface area contributed by atoms with Crippen molar-refractivity contribution in [3.63, 3.8) is 0 Å². The summed E-state index contributed by atoms with van der Waals surface area (Å²) in [6.07, 6.45) is 0.337. The Balaban J connectivity index is 1.42. The van der Waals surface area contributed by atoms with E-state index < -0.39 is 0 Å². The van der Waals surface area contributed by atoms with Crippen molar-refractivity contribution in [2.75, 3.05) is 0 Å². The minimum absolute atomic E-state index is 0.0131. The first-order valence-corrected chi connectivity index (χ1v) is 10.4. The van der Waals surface area contributed by atoms with Gasteiger partial charge in [-0.1, -0.05) is 42.5 Å². The van der Waals surface area contributed by atoms with Gasteiger partial charge in [0.05, 0.1) is 10.9 Å². The molecule has 4 rings (SSSR count). The van der Waals surface area contributed by atoms with Crippen LogP contribution in [-0.4, -0.2) is 20.7 Å². The molecule has 0 aliphatic rings. The highest BCUT2D eigenvalue weighted by molar-refractivity contribution is 7.71. The molecule has 2 aromatic carbocycles. The molecule has 0 radical (unpaired) electrons. The number of hydrogen-bond acceptors (Lipinski definition) is 4. The Morgan fingerprint density at radius 1 is 1.21 bits per heavy atom. The summed E-state index contributed by atoms with van der Waals surface area (Å²) in [6.45, 7) is 2.49. The molecule has 0 aliphatic heterocycles. The van der Waals surface area contributed by atoms with Crippen molar-refractivity contribution >= 4 is 40.2 Å². The van der Waals surface area contributed by atoms with Crippen LogP contribution >= 0.6 is 23.6 Å². The van der Waals surface area contributed by atoms with Crippen LogP contribution in [0.4, 0.5) is 0 Å². The number of fused-ring (bicyclic) bond motifs is 1. The highest BCUT2D eigenvalue weighted by atomic mass is 32.1. The molecule has 2 aromatic heterocycles. The van der Waals surface area contributed by atoms with Crippen molar-refractivity contribution in [3.8, 4) is 10.7 Å². The number of carbonyl (C=O) groups excluding carboxylic acids is 1. The van der Waals surface area contributed by atoms with Gasteiger partial charge in [0, 0.05) is 13.0 Å². The fourth-order valence-electron chi connectivity index (χ4n) is 3.21. The number of nitrogens with zero attached hydrogens (tertiary/aromatic N) is 2. The second kappa shape index (κ2) is 8.08. The predicted molar refractivity (Wildman–Crippen MR) is 116 cm³/mol. The fourth-order valence-corrected chi connectivity index (χ4v) is 4.15. The Kier molecular flexibility index (Phi) is 5.36. The molecule has 2 heterocycles. The molecule has 0 fully saturated rings. The molecule has 0 aliphatic carbocycles. The van der Waals surface area contributed by atoms with Crippen molar-refractivity contribution < 1.29 is 4.79 Å². The van der Waals surface area contributed by atoms with Crippen LogP contribution in [-0.2, 0) is 11.3 Å². The lowest BCUT2D eigenvalue weighted by Gasteiger charge is -2.15. The van der Waals surface area contributed by atoms with Crippen LogP contribution in [0.3, 0.4) is 0 Å². The van der Waals surface area contributed by atoms with E-state index in [0.717, 1.165) is 16.3 Å². The van der Waals surface area contributed by atoms with Crippen LogP contribution in [0.5, 0.6) is 0 Å². The number of hydrogen-bond donors (Lipinski definition) is 2. The van der Waals surface area contributed by atoms with Crippen molar-refractivity contribution in [3.05, 3.63) is 70.3 Å². The van der Waals surface area contributed by atoms with E-state index in [4.69, 9.17) is 12.2 Å². The molecule has 2 N–H and O–H groups in total. The topological polar surface area (TPSA) is 62.7 Å². The summed E-state index contributed by atoms with van der Waals surface area (Å²) in [5.74, 6) is 0.760. The second-order valence-corrected chi connectivity index (χ2v) is 7.96. The van der Waals surface area contributed by atoms with Gasteiger partial charge in [0.2, 0.25) is 5.91 Å². The van der Waals surface area contributed by atoms with Gasteiger partial charge in [0.1, 0.15) is 0 Å². The standard InChI is InChI=1S/C21H20N4OS2/c1-14(16-9-8-15-5-2-3-6-17(15)13-16)22-19(26)10-11-25-20(23-24-21(25)27)18-7-4-12-28-18/h2-9,12-14H,10-11H2,1H3,(H,22,26)(H,24,27). The predicted octanol–water partition coefficient (Wildman–Crippen LogP) is 5.09. The molecule has 1 unspecified atom stereocenters. The molecule has 0 bridgehead atoms. The first kappa shape index (κ1) is 18.6. The van der Waals surface area contributed by atoms with Gasteiger partial charge in [-0.2, -0.15) is 5.10 Å². The van der Waals surface area contributed by atoms with Crippen molar-refractivity contribution in [2.45, 2.75) is 25.9 Å². The molecule has 0 spiro atoms. The first-order valence-electron chi connectivity index (χ1n) is 9.09. The zero-order valence-corrected chi connectivity index (χ0v) is 17.0. The summed E-state index contributed by atoms with van der Waals surface area (Å²) >= 11 is 6.92. The van der Waals surface area contributed by atoms with Crippen LogP contribution in [0, 0.1) is 4.77 Å². The minimum atomic E-state index is -0.0637. The number of benzene rings is 2. The van der Waals surface area contributed by atoms with E-state index in [-0.39, 0.29) is 11.9 Å². The van der Waals surface area contributed by atoms with Gasteiger partial charge in [-0.25, -0.2) is 0 Å². The maximum absolute atomic E-state index is 12.5. The highest BCUT2D eigenvalue weighted by Gasteiger charge is 2.13. The maximum atomic E-state index is 12.5. The number of aromatic amines is 1. The minimum Gasteiger partial charge on any atom is -0.350 e. The average molecular weight is 409 g/mol. The lowest BCUT2D eigenvalue weighted by molar-refractivity contribution is -0.121. The molecule has 0 saturated heterocycles. The van der Waals surface area contributed by atoms with Gasteiger partial charge in [-0.15, -0.1) is 11.3 Å². The second-order valence-electron chi connectivity index (χ2n) is 6.63. The van der Waals surface area contributed by atoms with Crippen LogP contribution in [0.15, 0.2) is 60.0 Å². The Morgan fingerprint density at radius 3 is 2.82 bits per heavy atom. The third-order valence-electron chi connectivity index (χ3n) is 4.71. The molecular weight excluding hydrogens is 388 g/mol. The van der Waals surface area contributed by atoms with E-state index in [1.54, 1.807) is 11.3 Å². The third kappa shape index (κ3) is 3.90. The van der Waals surface area contributed by atoms with E-state index in [9.17, 15) is 4.79 Å². The van der Waals surface area contributed by atoms with Crippen LogP contribution < -0.4 is 5.32 Å². The molecule has 4 aromatic rings. The summed E-state index contributed by atoms with van der Waals surface area (Å²) in [4.78, 5) is 13.5. The fraction of sp³-hybridized carbons (Fsp3) is 0.190. The van der Waals surface area contributed by atoms with E-state index in [1.807, 2.05) is 41.1 Å². The van der Waals surface area contributed by atoms with Gasteiger partial charge < -0.3 is 5.32 Å². The Morgan fingerprint density at radius 2 is 2.04 bits per heavy atom. The van der Waals surface area contributed by atoms with Crippen molar-refractivity contribution in [2.24, 2.45) is 0 Å². The Bertz CT molecular complexity index is 1160. The zero-order chi connectivity index (χ0) is 19.5. The van der Waals surface area contributed by atoms with E-state index in [0.29, 0.717) is 17.7 Å². The number of amides is 1. The van der Waals surface area contributed by atoms with Gasteiger partial charge >= 0.3 is 0 Å². The third-order valence-corrected chi connectivity index (χ3v) is 5.89. The number of H-pyrrole nitrogens is 1. The lowest BCUT2D eigenvalue weighted by atomic mass is 10.0. The maximum Gasteiger partial charge on any atom is 0.222 e.